The van der Waals surface area contributed by atoms with E-state index in [-0.39, 0.29) is 18.0 Å². The minimum Gasteiger partial charge on any atom is -0.462 e. The summed E-state index contributed by atoms with van der Waals surface area (Å²) in [5, 5.41) is -0.658. The van der Waals surface area contributed by atoms with Crippen LogP contribution < -0.4 is 5.73 Å². The van der Waals surface area contributed by atoms with E-state index in [1.54, 1.807) is 27.7 Å². The van der Waals surface area contributed by atoms with Crippen molar-refractivity contribution in [2.45, 2.75) is 76.7 Å². The van der Waals surface area contributed by atoms with E-state index in [9.17, 15) is 14.4 Å². The normalized spacial score (nSPS) is 17.0. The Morgan fingerprint density at radius 2 is 1.72 bits per heavy atom. The second-order valence-corrected chi connectivity index (χ2v) is 8.57. The minimum atomic E-state index is -0.989. The van der Waals surface area contributed by atoms with Crippen molar-refractivity contribution >= 4 is 29.0 Å². The molecule has 0 saturated heterocycles. The fourth-order valence-electron chi connectivity index (χ4n) is 2.49. The van der Waals surface area contributed by atoms with Gasteiger partial charge in [0, 0.05) is 4.75 Å². The van der Waals surface area contributed by atoms with Gasteiger partial charge in [-0.2, -0.15) is 0 Å². The molecule has 1 rings (SSSR count). The molecule has 144 valence electrons. The number of carbonyl (C=O) groups is 3. The molecule has 1 aliphatic rings. The van der Waals surface area contributed by atoms with Crippen LogP contribution in [0.5, 0.6) is 0 Å². The van der Waals surface area contributed by atoms with Gasteiger partial charge in [-0.1, -0.05) is 19.3 Å². The number of hydrogen-bond donors (Lipinski definition) is 1. The molecule has 0 bridgehead atoms. The van der Waals surface area contributed by atoms with Gasteiger partial charge < -0.3 is 19.9 Å². The van der Waals surface area contributed by atoms with Crippen LogP contribution in [0.1, 0.15) is 59.8 Å². The molecule has 2 N–H and O–H groups in total. The highest BCUT2D eigenvalue weighted by molar-refractivity contribution is 8.14. The maximum absolute atomic E-state index is 11.9. The third kappa shape index (κ3) is 7.64. The maximum atomic E-state index is 11.9. The molecule has 1 saturated carbocycles. The number of ether oxygens (including phenoxy) is 3. The second kappa shape index (κ2) is 10.0. The van der Waals surface area contributed by atoms with E-state index in [1.807, 2.05) is 0 Å². The average Bonchev–Trinajstić information content (AvgIpc) is 2.53. The second-order valence-electron chi connectivity index (χ2n) is 6.98. The summed E-state index contributed by atoms with van der Waals surface area (Å²) < 4.78 is 14.1. The summed E-state index contributed by atoms with van der Waals surface area (Å²) in [4.78, 5) is 35.6. The fraction of sp³-hybridized carbons (Fsp3) is 0.824. The first-order valence-electron chi connectivity index (χ1n) is 8.62. The molecule has 8 heteroatoms. The number of thioether (sulfide) groups is 1. The third-order valence-electron chi connectivity index (χ3n) is 4.02. The zero-order chi connectivity index (χ0) is 19.0. The van der Waals surface area contributed by atoms with Crippen molar-refractivity contribution in [3.05, 3.63) is 0 Å². The van der Waals surface area contributed by atoms with Crippen LogP contribution in [-0.2, 0) is 23.8 Å². The van der Waals surface area contributed by atoms with Crippen molar-refractivity contribution in [3.63, 3.8) is 0 Å². The third-order valence-corrected chi connectivity index (χ3v) is 5.08. The number of carbonyl (C=O) groups excluding carboxylic acids is 3. The van der Waals surface area contributed by atoms with Crippen molar-refractivity contribution in [2.24, 2.45) is 11.7 Å². The summed E-state index contributed by atoms with van der Waals surface area (Å²) in [5.74, 6) is -1.01. The highest BCUT2D eigenvalue weighted by Gasteiger charge is 2.37. The lowest BCUT2D eigenvalue weighted by Gasteiger charge is -2.28. The van der Waals surface area contributed by atoms with Crippen molar-refractivity contribution < 1.29 is 28.6 Å². The lowest BCUT2D eigenvalue weighted by atomic mass is 9.89. The van der Waals surface area contributed by atoms with Crippen LogP contribution in [0.4, 0.5) is 4.79 Å². The molecule has 0 radical (unpaired) electrons. The van der Waals surface area contributed by atoms with E-state index in [0.29, 0.717) is 0 Å². The Kier molecular flexibility index (Phi) is 8.71. The Labute approximate surface area is 153 Å². The minimum absolute atomic E-state index is 0.101. The maximum Gasteiger partial charge on any atom is 0.370 e. The predicted molar refractivity (Wildman–Crippen MR) is 94.9 cm³/mol. The van der Waals surface area contributed by atoms with Gasteiger partial charge in [0.25, 0.3) is 0 Å². The Balaban J connectivity index is 2.36. The number of hydrogen-bond acceptors (Lipinski definition) is 8. The molecule has 0 aromatic rings. The topological polar surface area (TPSA) is 105 Å². The number of esters is 2. The van der Waals surface area contributed by atoms with Gasteiger partial charge in [-0.3, -0.25) is 9.59 Å². The quantitative estimate of drug-likeness (QED) is 0.535. The van der Waals surface area contributed by atoms with Gasteiger partial charge in [-0.25, -0.2) is 4.79 Å². The highest BCUT2D eigenvalue weighted by atomic mass is 32.2. The SMILES string of the molecule is CC(C)OC(=O)[C@H](N)C(C)(C)SC(=O)OCOC(=O)C1CCCCC1. The van der Waals surface area contributed by atoms with Crippen molar-refractivity contribution in [1.82, 2.24) is 0 Å². The zero-order valence-corrected chi connectivity index (χ0v) is 16.2. The molecule has 0 aromatic heterocycles. The molecule has 0 spiro atoms. The Morgan fingerprint density at radius 3 is 2.28 bits per heavy atom. The number of rotatable bonds is 7. The van der Waals surface area contributed by atoms with Crippen LogP contribution in [0.15, 0.2) is 0 Å². The predicted octanol–water partition coefficient (Wildman–Crippen LogP) is 2.99. The van der Waals surface area contributed by atoms with Crippen LogP contribution in [-0.4, -0.2) is 40.9 Å². The van der Waals surface area contributed by atoms with E-state index in [1.165, 1.54) is 0 Å². The van der Waals surface area contributed by atoms with Gasteiger partial charge in [0.15, 0.2) is 0 Å². The zero-order valence-electron chi connectivity index (χ0n) is 15.4. The van der Waals surface area contributed by atoms with Gasteiger partial charge in [-0.05, 0) is 52.3 Å². The lowest BCUT2D eigenvalue weighted by Crippen LogP contribution is -2.48. The molecule has 1 fully saturated rings. The highest BCUT2D eigenvalue weighted by Crippen LogP contribution is 2.30. The molecule has 0 aliphatic heterocycles. The Bertz CT molecular complexity index is 474. The van der Waals surface area contributed by atoms with E-state index < -0.39 is 28.9 Å². The molecule has 25 heavy (non-hydrogen) atoms. The molecule has 0 amide bonds. The summed E-state index contributed by atoms with van der Waals surface area (Å²) in [6.45, 7) is 6.32. The van der Waals surface area contributed by atoms with Crippen LogP contribution in [0, 0.1) is 5.92 Å². The van der Waals surface area contributed by atoms with Crippen LogP contribution in [0.25, 0.3) is 0 Å². The van der Waals surface area contributed by atoms with Gasteiger partial charge in [-0.15, -0.1) is 0 Å². The van der Waals surface area contributed by atoms with E-state index in [2.05, 4.69) is 0 Å². The van der Waals surface area contributed by atoms with E-state index >= 15 is 0 Å². The number of nitrogens with two attached hydrogens (primary N) is 1. The molecular formula is C17H29NO6S. The summed E-state index contributed by atoms with van der Waals surface area (Å²) >= 11 is 0.774. The first kappa shape index (κ1) is 21.8. The molecular weight excluding hydrogens is 346 g/mol. The van der Waals surface area contributed by atoms with E-state index in [4.69, 9.17) is 19.9 Å². The summed E-state index contributed by atoms with van der Waals surface area (Å²) in [7, 11) is 0. The molecule has 0 heterocycles. The molecule has 0 unspecified atom stereocenters. The largest absolute Gasteiger partial charge is 0.462 e. The average molecular weight is 375 g/mol. The molecule has 0 aromatic carbocycles. The van der Waals surface area contributed by atoms with Gasteiger partial charge in [0.2, 0.25) is 6.79 Å². The summed E-state index contributed by atoms with van der Waals surface area (Å²) in [5.41, 5.74) is 5.88. The first-order chi connectivity index (χ1) is 11.6. The van der Waals surface area contributed by atoms with Crippen LogP contribution in [0.2, 0.25) is 0 Å². The van der Waals surface area contributed by atoms with Crippen LogP contribution in [0.3, 0.4) is 0 Å². The lowest BCUT2D eigenvalue weighted by molar-refractivity contribution is -0.157. The smallest absolute Gasteiger partial charge is 0.370 e. The Morgan fingerprint density at radius 1 is 1.12 bits per heavy atom. The standard InChI is InChI=1S/C17H29NO6S/c1-11(2)24-15(20)13(18)17(3,4)25-16(21)23-10-22-14(19)12-8-6-5-7-9-12/h11-13H,5-10,18H2,1-4H3/t13-/m0/s1. The van der Waals surface area contributed by atoms with Gasteiger partial charge in [0.1, 0.15) is 6.04 Å². The molecule has 7 nitrogen and oxygen atoms in total. The first-order valence-corrected chi connectivity index (χ1v) is 9.43. The van der Waals surface area contributed by atoms with Crippen molar-refractivity contribution in [2.75, 3.05) is 6.79 Å². The molecule has 1 aliphatic carbocycles. The summed E-state index contributed by atoms with van der Waals surface area (Å²) in [6.07, 6.45) is 4.54. The molecule has 1 atom stereocenters. The van der Waals surface area contributed by atoms with Crippen LogP contribution >= 0.6 is 11.8 Å². The van der Waals surface area contributed by atoms with Crippen molar-refractivity contribution in [1.29, 1.82) is 0 Å². The monoisotopic (exact) mass is 375 g/mol. The summed E-state index contributed by atoms with van der Waals surface area (Å²) in [6, 6.07) is -0.989. The Hall–Kier alpha value is -1.28. The van der Waals surface area contributed by atoms with Gasteiger partial charge in [0.05, 0.1) is 12.0 Å². The van der Waals surface area contributed by atoms with E-state index in [0.717, 1.165) is 43.9 Å². The van der Waals surface area contributed by atoms with Gasteiger partial charge >= 0.3 is 17.2 Å². The van der Waals surface area contributed by atoms with Crippen molar-refractivity contribution in [3.8, 4) is 0 Å². The fourth-order valence-corrected chi connectivity index (χ4v) is 3.25.